The van der Waals surface area contributed by atoms with E-state index in [2.05, 4.69) is 19.9 Å². The van der Waals surface area contributed by atoms with Gasteiger partial charge in [-0.05, 0) is 38.7 Å². The lowest BCUT2D eigenvalue weighted by Gasteiger charge is -2.09. The van der Waals surface area contributed by atoms with Gasteiger partial charge in [-0.3, -0.25) is 9.59 Å². The molecule has 0 aliphatic heterocycles. The lowest BCUT2D eigenvalue weighted by molar-refractivity contribution is 0.0996. The van der Waals surface area contributed by atoms with Crippen molar-refractivity contribution in [1.82, 2.24) is 24.8 Å². The van der Waals surface area contributed by atoms with Crippen LogP contribution < -0.4 is 10.5 Å². The summed E-state index contributed by atoms with van der Waals surface area (Å²) in [5.74, 6) is -4.48. The third kappa shape index (κ3) is 4.99. The Morgan fingerprint density at radius 3 is 2.46 bits per heavy atom. The van der Waals surface area contributed by atoms with Gasteiger partial charge in [0.1, 0.15) is 17.3 Å². The van der Waals surface area contributed by atoms with Gasteiger partial charge in [0.15, 0.2) is 0 Å². The van der Waals surface area contributed by atoms with Gasteiger partial charge in [0.2, 0.25) is 5.78 Å². The highest BCUT2D eigenvalue weighted by molar-refractivity contribution is 6.17. The third-order valence-corrected chi connectivity index (χ3v) is 5.30. The van der Waals surface area contributed by atoms with Gasteiger partial charge in [-0.2, -0.15) is 0 Å². The Bertz CT molecular complexity index is 1400. The summed E-state index contributed by atoms with van der Waals surface area (Å²) in [6.45, 7) is 1.35. The molecular weight excluding hydrogens is 458 g/mol. The number of benzene rings is 1. The molecule has 35 heavy (non-hydrogen) atoms. The van der Waals surface area contributed by atoms with Crippen LogP contribution >= 0.6 is 0 Å². The number of aromatic amines is 1. The van der Waals surface area contributed by atoms with Gasteiger partial charge in [0, 0.05) is 53.4 Å². The number of hydrogen-bond donors (Lipinski definition) is 2. The molecule has 0 aliphatic carbocycles. The van der Waals surface area contributed by atoms with Crippen LogP contribution in [-0.2, 0) is 0 Å². The number of primary amides is 1. The second-order valence-corrected chi connectivity index (χ2v) is 8.06. The van der Waals surface area contributed by atoms with Gasteiger partial charge < -0.3 is 20.4 Å². The summed E-state index contributed by atoms with van der Waals surface area (Å²) in [7, 11) is 3.95. The maximum atomic E-state index is 14.7. The summed E-state index contributed by atoms with van der Waals surface area (Å²) >= 11 is 0. The molecule has 3 N–H and O–H groups in total. The number of H-pyrrole nitrogens is 1. The molecular formula is C24H22F2N6O3. The molecule has 4 aromatic rings. The fraction of sp³-hybridized carbons (Fsp3) is 0.208. The van der Waals surface area contributed by atoms with Gasteiger partial charge >= 0.3 is 6.01 Å². The van der Waals surface area contributed by atoms with Crippen LogP contribution in [-0.4, -0.2) is 63.8 Å². The Morgan fingerprint density at radius 1 is 1.06 bits per heavy atom. The van der Waals surface area contributed by atoms with Crippen molar-refractivity contribution in [3.63, 3.8) is 0 Å². The van der Waals surface area contributed by atoms with Crippen molar-refractivity contribution in [2.75, 3.05) is 27.2 Å². The van der Waals surface area contributed by atoms with Crippen molar-refractivity contribution in [2.45, 2.75) is 6.42 Å². The summed E-state index contributed by atoms with van der Waals surface area (Å²) < 4.78 is 34.7. The molecule has 11 heteroatoms. The normalized spacial score (nSPS) is 11.2. The summed E-state index contributed by atoms with van der Waals surface area (Å²) in [4.78, 5) is 42.1. The van der Waals surface area contributed by atoms with Crippen LogP contribution in [0.5, 0.6) is 6.01 Å². The molecule has 0 saturated heterocycles. The second kappa shape index (κ2) is 9.94. The van der Waals surface area contributed by atoms with Crippen molar-refractivity contribution in [3.05, 3.63) is 71.3 Å². The first-order valence-electron chi connectivity index (χ1n) is 10.7. The topological polar surface area (TPSA) is 127 Å². The Labute approximate surface area is 199 Å². The minimum atomic E-state index is -1.31. The number of halogens is 2. The number of ketones is 1. The molecule has 4 rings (SSSR count). The number of nitrogens with zero attached hydrogens (tertiary/aromatic N) is 4. The summed E-state index contributed by atoms with van der Waals surface area (Å²) in [6.07, 6.45) is 6.80. The third-order valence-electron chi connectivity index (χ3n) is 5.30. The first kappa shape index (κ1) is 23.9. The molecule has 0 bridgehead atoms. The fourth-order valence-electron chi connectivity index (χ4n) is 3.52. The minimum Gasteiger partial charge on any atom is -0.463 e. The molecule has 0 fully saturated rings. The molecule has 0 unspecified atom stereocenters. The van der Waals surface area contributed by atoms with Gasteiger partial charge in [-0.25, -0.2) is 23.7 Å². The molecule has 1 aromatic carbocycles. The highest BCUT2D eigenvalue weighted by Gasteiger charge is 2.26. The van der Waals surface area contributed by atoms with E-state index in [1.165, 1.54) is 6.20 Å². The fourth-order valence-corrected chi connectivity index (χ4v) is 3.52. The Kier molecular flexibility index (Phi) is 6.78. The van der Waals surface area contributed by atoms with Gasteiger partial charge in [0.05, 0.1) is 17.7 Å². The van der Waals surface area contributed by atoms with Crippen LogP contribution in [0.15, 0.2) is 43.0 Å². The van der Waals surface area contributed by atoms with Crippen LogP contribution in [0.4, 0.5) is 8.78 Å². The number of fused-ring (bicyclic) bond motifs is 1. The number of amides is 1. The number of ether oxygens (including phenoxy) is 1. The number of pyridine rings is 1. The average molecular weight is 480 g/mol. The zero-order valence-corrected chi connectivity index (χ0v) is 19.0. The van der Waals surface area contributed by atoms with Crippen LogP contribution in [0.3, 0.4) is 0 Å². The minimum absolute atomic E-state index is 0.0180. The monoisotopic (exact) mass is 480 g/mol. The zero-order valence-electron chi connectivity index (χ0n) is 19.0. The van der Waals surface area contributed by atoms with Crippen molar-refractivity contribution in [2.24, 2.45) is 5.73 Å². The number of carbonyl (C=O) groups is 2. The standard InChI is InChI=1S/C24H22F2N6O3/c1-32(2)6-3-7-35-24-30-10-14(11-31-24)13-8-16-17(12-29-23(16)28-9-13)21(33)19-18(25)5-4-15(20(19)26)22(27)34/h4-5,8-12H,3,6-7H2,1-2H3,(H2,27,34)(H,28,29). The van der Waals surface area contributed by atoms with E-state index in [1.54, 1.807) is 24.7 Å². The van der Waals surface area contributed by atoms with Gasteiger partial charge in [-0.15, -0.1) is 0 Å². The van der Waals surface area contributed by atoms with Crippen molar-refractivity contribution in [1.29, 1.82) is 0 Å². The SMILES string of the molecule is CN(C)CCCOc1ncc(-c2cnc3[nH]cc(C(=O)c4c(F)ccc(C(N)=O)c4F)c3c2)cn1. The number of hydrogen-bond acceptors (Lipinski definition) is 7. The van der Waals surface area contributed by atoms with Gasteiger partial charge in [-0.1, -0.05) is 0 Å². The highest BCUT2D eigenvalue weighted by atomic mass is 19.1. The quantitative estimate of drug-likeness (QED) is 0.279. The Balaban J connectivity index is 1.62. The van der Waals surface area contributed by atoms with E-state index in [4.69, 9.17) is 10.5 Å². The summed E-state index contributed by atoms with van der Waals surface area (Å²) in [6, 6.07) is 3.60. The van der Waals surface area contributed by atoms with Crippen LogP contribution in [0.25, 0.3) is 22.2 Å². The Hall–Kier alpha value is -4.25. The molecule has 1 amide bonds. The Morgan fingerprint density at radius 2 is 1.77 bits per heavy atom. The van der Waals surface area contributed by atoms with Crippen molar-refractivity contribution in [3.8, 4) is 17.1 Å². The van der Waals surface area contributed by atoms with E-state index in [-0.39, 0.29) is 11.6 Å². The van der Waals surface area contributed by atoms with Crippen molar-refractivity contribution < 1.29 is 23.1 Å². The number of aromatic nitrogens is 4. The average Bonchev–Trinajstić information content (AvgIpc) is 3.25. The largest absolute Gasteiger partial charge is 0.463 e. The summed E-state index contributed by atoms with van der Waals surface area (Å²) in [5, 5.41) is 0.333. The van der Waals surface area contributed by atoms with Crippen LogP contribution in [0.1, 0.15) is 32.7 Å². The van der Waals surface area contributed by atoms with E-state index >= 15 is 0 Å². The van der Waals surface area contributed by atoms with E-state index in [0.29, 0.717) is 28.8 Å². The van der Waals surface area contributed by atoms with Crippen LogP contribution in [0.2, 0.25) is 0 Å². The first-order valence-corrected chi connectivity index (χ1v) is 10.7. The maximum absolute atomic E-state index is 14.7. The van der Waals surface area contributed by atoms with E-state index in [9.17, 15) is 18.4 Å². The molecule has 3 aromatic heterocycles. The zero-order chi connectivity index (χ0) is 25.1. The highest BCUT2D eigenvalue weighted by Crippen LogP contribution is 2.28. The van der Waals surface area contributed by atoms with E-state index in [0.717, 1.165) is 25.1 Å². The molecule has 0 spiro atoms. The molecule has 180 valence electrons. The lowest BCUT2D eigenvalue weighted by atomic mass is 9.98. The van der Waals surface area contributed by atoms with E-state index < -0.39 is 34.5 Å². The molecule has 0 atom stereocenters. The summed E-state index contributed by atoms with van der Waals surface area (Å²) in [5.41, 5.74) is 5.19. The lowest BCUT2D eigenvalue weighted by Crippen LogP contribution is -2.17. The molecule has 0 radical (unpaired) electrons. The number of nitrogens with two attached hydrogens (primary N) is 1. The predicted molar refractivity (Wildman–Crippen MR) is 124 cm³/mol. The smallest absolute Gasteiger partial charge is 0.316 e. The van der Waals surface area contributed by atoms with Gasteiger partial charge in [0.25, 0.3) is 5.91 Å². The predicted octanol–water partition coefficient (Wildman–Crippen LogP) is 2.96. The van der Waals surface area contributed by atoms with Crippen LogP contribution in [0, 0.1) is 11.6 Å². The number of nitrogens with one attached hydrogen (secondary N) is 1. The molecule has 3 heterocycles. The second-order valence-electron chi connectivity index (χ2n) is 8.06. The molecule has 9 nitrogen and oxygen atoms in total. The first-order chi connectivity index (χ1) is 16.8. The number of rotatable bonds is 9. The molecule has 0 aliphatic rings. The number of carbonyl (C=O) groups excluding carboxylic acids is 2. The molecule has 0 saturated carbocycles. The van der Waals surface area contributed by atoms with Crippen molar-refractivity contribution >= 4 is 22.7 Å². The maximum Gasteiger partial charge on any atom is 0.316 e. The van der Waals surface area contributed by atoms with E-state index in [1.807, 2.05) is 19.0 Å².